The summed E-state index contributed by atoms with van der Waals surface area (Å²) in [5.74, 6) is 0.727. The van der Waals surface area contributed by atoms with E-state index in [1.165, 1.54) is 5.56 Å². The zero-order valence-corrected chi connectivity index (χ0v) is 16.7. The van der Waals surface area contributed by atoms with Crippen molar-refractivity contribution < 1.29 is 4.79 Å². The van der Waals surface area contributed by atoms with Crippen LogP contribution < -0.4 is 5.32 Å². The molecule has 0 unspecified atom stereocenters. The smallest absolute Gasteiger partial charge is 0.248 e. The van der Waals surface area contributed by atoms with Gasteiger partial charge in [0.1, 0.15) is 0 Å². The Balaban J connectivity index is 1.47. The van der Waals surface area contributed by atoms with Crippen molar-refractivity contribution in [3.05, 3.63) is 94.8 Å². The van der Waals surface area contributed by atoms with Crippen molar-refractivity contribution >= 4 is 51.7 Å². The molecule has 0 radical (unpaired) electrons. The quantitative estimate of drug-likeness (QED) is 0.307. The van der Waals surface area contributed by atoms with Gasteiger partial charge < -0.3 is 5.32 Å². The standard InChI is InChI=1S/C23H18N2OS2/c26-22(11-10-19-6-3-5-18-7-4-13-24-23(18)19)25-20-8-1-2-9-21(20)28-16-17-12-14-27-15-17/h1-15H,16H2,(H,25,26)/b11-10+. The van der Waals surface area contributed by atoms with Gasteiger partial charge in [0.05, 0.1) is 11.2 Å². The highest BCUT2D eigenvalue weighted by Crippen LogP contribution is 2.30. The van der Waals surface area contributed by atoms with E-state index in [9.17, 15) is 4.79 Å². The van der Waals surface area contributed by atoms with Gasteiger partial charge in [-0.2, -0.15) is 11.3 Å². The van der Waals surface area contributed by atoms with Crippen LogP contribution in [0.5, 0.6) is 0 Å². The largest absolute Gasteiger partial charge is 0.321 e. The number of rotatable bonds is 6. The molecule has 0 atom stereocenters. The van der Waals surface area contributed by atoms with Gasteiger partial charge in [-0.3, -0.25) is 9.78 Å². The number of aromatic nitrogens is 1. The van der Waals surface area contributed by atoms with Gasteiger partial charge in [0.25, 0.3) is 0 Å². The minimum absolute atomic E-state index is 0.156. The maximum Gasteiger partial charge on any atom is 0.248 e. The Hall–Kier alpha value is -2.89. The third-order valence-corrected chi connectivity index (χ3v) is 6.07. The first-order valence-corrected chi connectivity index (χ1v) is 10.8. The number of pyridine rings is 1. The lowest BCUT2D eigenvalue weighted by molar-refractivity contribution is -0.111. The molecule has 0 aliphatic rings. The molecule has 3 nitrogen and oxygen atoms in total. The van der Waals surface area contributed by atoms with Gasteiger partial charge in [0.2, 0.25) is 5.91 Å². The van der Waals surface area contributed by atoms with E-state index in [1.54, 1.807) is 35.4 Å². The highest BCUT2D eigenvalue weighted by atomic mass is 32.2. The monoisotopic (exact) mass is 402 g/mol. The molecule has 1 N–H and O–H groups in total. The molecule has 2 aromatic carbocycles. The van der Waals surface area contributed by atoms with Crippen LogP contribution in [0.3, 0.4) is 0 Å². The van der Waals surface area contributed by atoms with Gasteiger partial charge >= 0.3 is 0 Å². The number of thioether (sulfide) groups is 1. The highest BCUT2D eigenvalue weighted by Gasteiger charge is 2.06. The van der Waals surface area contributed by atoms with Crippen LogP contribution in [0.4, 0.5) is 5.69 Å². The second kappa shape index (κ2) is 8.87. The number of amides is 1. The molecule has 2 aromatic heterocycles. The number of nitrogens with zero attached hydrogens (tertiary/aromatic N) is 1. The summed E-state index contributed by atoms with van der Waals surface area (Å²) in [6.07, 6.45) is 5.14. The van der Waals surface area contributed by atoms with Crippen LogP contribution in [0.2, 0.25) is 0 Å². The summed E-state index contributed by atoms with van der Waals surface area (Å²) in [6.45, 7) is 0. The minimum Gasteiger partial charge on any atom is -0.321 e. The van der Waals surface area contributed by atoms with Crippen LogP contribution in [-0.2, 0) is 10.5 Å². The maximum atomic E-state index is 12.5. The Labute approximate surface area is 172 Å². The number of hydrogen-bond donors (Lipinski definition) is 1. The summed E-state index contributed by atoms with van der Waals surface area (Å²) in [6, 6.07) is 19.9. The van der Waals surface area contributed by atoms with Crippen LogP contribution in [0.1, 0.15) is 11.1 Å². The predicted molar refractivity (Wildman–Crippen MR) is 120 cm³/mol. The molecule has 0 fully saturated rings. The van der Waals surface area contributed by atoms with E-state index in [0.29, 0.717) is 0 Å². The summed E-state index contributed by atoms with van der Waals surface area (Å²) in [7, 11) is 0. The molecule has 0 bridgehead atoms. The fourth-order valence-corrected chi connectivity index (χ4v) is 4.56. The number of thiophene rings is 1. The van der Waals surface area contributed by atoms with Crippen LogP contribution in [0.25, 0.3) is 17.0 Å². The Morgan fingerprint density at radius 2 is 1.96 bits per heavy atom. The molecule has 0 aliphatic carbocycles. The number of hydrogen-bond acceptors (Lipinski definition) is 4. The number of carbonyl (C=O) groups is 1. The molecule has 0 saturated carbocycles. The number of fused-ring (bicyclic) bond motifs is 1. The first-order valence-electron chi connectivity index (χ1n) is 8.85. The summed E-state index contributed by atoms with van der Waals surface area (Å²) in [5.41, 5.74) is 3.93. The maximum absolute atomic E-state index is 12.5. The minimum atomic E-state index is -0.156. The Bertz CT molecular complexity index is 1120. The van der Waals surface area contributed by atoms with Crippen molar-refractivity contribution in [1.82, 2.24) is 4.98 Å². The molecule has 4 aromatic rings. The van der Waals surface area contributed by atoms with Crippen molar-refractivity contribution in [2.24, 2.45) is 0 Å². The predicted octanol–water partition coefficient (Wildman–Crippen LogP) is 6.24. The van der Waals surface area contributed by atoms with Gasteiger partial charge in [-0.25, -0.2) is 0 Å². The Morgan fingerprint density at radius 3 is 2.86 bits per heavy atom. The first kappa shape index (κ1) is 18.5. The summed E-state index contributed by atoms with van der Waals surface area (Å²) < 4.78 is 0. The Kier molecular flexibility index (Phi) is 5.85. The fraction of sp³-hybridized carbons (Fsp3) is 0.0435. The highest BCUT2D eigenvalue weighted by molar-refractivity contribution is 7.98. The molecule has 0 saturated heterocycles. The summed E-state index contributed by atoms with van der Waals surface area (Å²) >= 11 is 3.42. The topological polar surface area (TPSA) is 42.0 Å². The average Bonchev–Trinajstić information content (AvgIpc) is 3.25. The lowest BCUT2D eigenvalue weighted by Gasteiger charge is -2.09. The molecular formula is C23H18N2OS2. The van der Waals surface area contributed by atoms with E-state index in [2.05, 4.69) is 27.1 Å². The van der Waals surface area contributed by atoms with Crippen LogP contribution in [-0.4, -0.2) is 10.9 Å². The van der Waals surface area contributed by atoms with Gasteiger partial charge in [0.15, 0.2) is 0 Å². The van der Waals surface area contributed by atoms with Gasteiger partial charge in [-0.1, -0.05) is 36.4 Å². The number of benzene rings is 2. The zero-order valence-electron chi connectivity index (χ0n) is 15.0. The van der Waals surface area contributed by atoms with E-state index in [0.717, 1.165) is 32.8 Å². The SMILES string of the molecule is O=C(/C=C/c1cccc2cccnc12)Nc1ccccc1SCc1ccsc1. The van der Waals surface area contributed by atoms with Crippen LogP contribution >= 0.6 is 23.1 Å². The van der Waals surface area contributed by atoms with E-state index in [4.69, 9.17) is 0 Å². The van der Waals surface area contributed by atoms with Crippen molar-refractivity contribution in [3.63, 3.8) is 0 Å². The summed E-state index contributed by atoms with van der Waals surface area (Å²) in [4.78, 5) is 18.0. The molecule has 0 aliphatic heterocycles. The molecule has 28 heavy (non-hydrogen) atoms. The second-order valence-corrected chi connectivity index (χ2v) is 7.96. The van der Waals surface area contributed by atoms with Gasteiger partial charge in [-0.15, -0.1) is 11.8 Å². The molecule has 1 amide bonds. The first-order chi connectivity index (χ1) is 13.8. The second-order valence-electron chi connectivity index (χ2n) is 6.16. The third kappa shape index (κ3) is 4.50. The lowest BCUT2D eigenvalue weighted by atomic mass is 10.1. The third-order valence-electron chi connectivity index (χ3n) is 4.20. The molecular weight excluding hydrogens is 384 g/mol. The Morgan fingerprint density at radius 1 is 1.07 bits per heavy atom. The summed E-state index contributed by atoms with van der Waals surface area (Å²) in [5, 5.41) is 8.28. The molecule has 5 heteroatoms. The number of nitrogens with one attached hydrogen (secondary N) is 1. The van der Waals surface area contributed by atoms with Crippen molar-refractivity contribution in [2.75, 3.05) is 5.32 Å². The number of anilines is 1. The molecule has 4 rings (SSSR count). The molecule has 2 heterocycles. The van der Waals surface area contributed by atoms with Crippen molar-refractivity contribution in [3.8, 4) is 0 Å². The van der Waals surface area contributed by atoms with E-state index >= 15 is 0 Å². The number of carbonyl (C=O) groups excluding carboxylic acids is 1. The fourth-order valence-electron chi connectivity index (χ4n) is 2.83. The van der Waals surface area contributed by atoms with E-state index in [1.807, 2.05) is 60.7 Å². The van der Waals surface area contributed by atoms with Crippen molar-refractivity contribution in [1.29, 1.82) is 0 Å². The number of para-hydroxylation sites is 2. The van der Waals surface area contributed by atoms with Crippen LogP contribution in [0.15, 0.2) is 88.6 Å². The van der Waals surface area contributed by atoms with Gasteiger partial charge in [0, 0.05) is 33.9 Å². The average molecular weight is 403 g/mol. The van der Waals surface area contributed by atoms with Crippen LogP contribution in [0, 0.1) is 0 Å². The van der Waals surface area contributed by atoms with Gasteiger partial charge in [-0.05, 0) is 46.7 Å². The zero-order chi connectivity index (χ0) is 19.2. The van der Waals surface area contributed by atoms with Crippen molar-refractivity contribution in [2.45, 2.75) is 10.6 Å². The van der Waals surface area contributed by atoms with E-state index < -0.39 is 0 Å². The lowest BCUT2D eigenvalue weighted by Crippen LogP contribution is -2.08. The van der Waals surface area contributed by atoms with E-state index in [-0.39, 0.29) is 5.91 Å². The molecule has 0 spiro atoms. The molecule has 138 valence electrons. The normalized spacial score (nSPS) is 11.1.